The molecule has 0 heterocycles. The van der Waals surface area contributed by atoms with E-state index in [1.165, 1.54) is 0 Å². The molecule has 2 N–H and O–H groups in total. The zero-order valence-corrected chi connectivity index (χ0v) is 10.0. The summed E-state index contributed by atoms with van der Waals surface area (Å²) in [5.74, 6) is -0.786. The normalized spacial score (nSPS) is 13.4. The van der Waals surface area contributed by atoms with Crippen molar-refractivity contribution in [2.45, 2.75) is 38.8 Å². The van der Waals surface area contributed by atoms with Crippen LogP contribution in [0, 0.1) is 0 Å². The Morgan fingerprint density at radius 3 is 2.31 bits per heavy atom. The first-order chi connectivity index (χ1) is 7.38. The first-order valence-electron chi connectivity index (χ1n) is 5.43. The fraction of sp³-hybridized carbons (Fsp3) is 0.462. The lowest BCUT2D eigenvalue weighted by Gasteiger charge is -2.28. The second-order valence-corrected chi connectivity index (χ2v) is 4.96. The molecule has 1 atom stereocenters. The van der Waals surface area contributed by atoms with Crippen LogP contribution in [-0.4, -0.2) is 16.6 Å². The lowest BCUT2D eigenvalue weighted by Crippen LogP contribution is -2.39. The Morgan fingerprint density at radius 2 is 1.88 bits per heavy atom. The molecule has 1 rings (SSSR count). The van der Waals surface area contributed by atoms with Crippen LogP contribution in [-0.2, 0) is 4.79 Å². The molecule has 0 aliphatic heterocycles. The van der Waals surface area contributed by atoms with Gasteiger partial charge in [-0.3, -0.25) is 4.79 Å². The molecule has 0 radical (unpaired) electrons. The maximum atomic E-state index is 10.8. The molecule has 0 unspecified atom stereocenters. The average Bonchev–Trinajstić information content (AvgIpc) is 2.15. The summed E-state index contributed by atoms with van der Waals surface area (Å²) in [5.41, 5.74) is 0.912. The van der Waals surface area contributed by atoms with E-state index in [0.29, 0.717) is 0 Å². The van der Waals surface area contributed by atoms with Crippen LogP contribution in [0.25, 0.3) is 0 Å². The lowest BCUT2D eigenvalue weighted by atomic mass is 9.99. The van der Waals surface area contributed by atoms with E-state index in [-0.39, 0.29) is 18.0 Å². The van der Waals surface area contributed by atoms with Gasteiger partial charge in [0.05, 0.1) is 6.42 Å². The number of carboxylic acids is 1. The minimum atomic E-state index is -0.786. The fourth-order valence-corrected chi connectivity index (χ4v) is 1.63. The minimum absolute atomic E-state index is 0.0985. The molecule has 16 heavy (non-hydrogen) atoms. The van der Waals surface area contributed by atoms with Gasteiger partial charge in [-0.1, -0.05) is 30.3 Å². The molecule has 3 nitrogen and oxygen atoms in total. The quantitative estimate of drug-likeness (QED) is 0.821. The third-order valence-electron chi connectivity index (χ3n) is 2.19. The second-order valence-electron chi connectivity index (χ2n) is 4.96. The number of aliphatic carboxylic acids is 1. The van der Waals surface area contributed by atoms with Crippen LogP contribution in [0.2, 0.25) is 0 Å². The third-order valence-corrected chi connectivity index (χ3v) is 2.19. The standard InChI is InChI=1S/C13H19NO2/c1-13(2,3)14-11(9-12(15)16)10-7-5-4-6-8-10/h4-8,11,14H,9H2,1-3H3,(H,15,16)/t11-/m1/s1. The van der Waals surface area contributed by atoms with Crippen molar-refractivity contribution in [2.75, 3.05) is 0 Å². The Kier molecular flexibility index (Phi) is 4.07. The molecule has 0 aromatic heterocycles. The summed E-state index contributed by atoms with van der Waals surface area (Å²) < 4.78 is 0. The molecule has 0 amide bonds. The van der Waals surface area contributed by atoms with Crippen LogP contribution < -0.4 is 5.32 Å². The van der Waals surface area contributed by atoms with Gasteiger partial charge in [-0.2, -0.15) is 0 Å². The van der Waals surface area contributed by atoms with Gasteiger partial charge in [0.15, 0.2) is 0 Å². The number of hydrogen-bond acceptors (Lipinski definition) is 2. The molecule has 0 aliphatic rings. The summed E-state index contributed by atoms with van der Waals surface area (Å²) in [4.78, 5) is 10.8. The van der Waals surface area contributed by atoms with E-state index in [1.807, 2.05) is 51.1 Å². The number of rotatable bonds is 4. The summed E-state index contributed by atoms with van der Waals surface area (Å²) in [6, 6.07) is 9.54. The highest BCUT2D eigenvalue weighted by atomic mass is 16.4. The van der Waals surface area contributed by atoms with Crippen molar-refractivity contribution in [1.29, 1.82) is 0 Å². The Labute approximate surface area is 96.5 Å². The first kappa shape index (κ1) is 12.7. The summed E-state index contributed by atoms with van der Waals surface area (Å²) >= 11 is 0. The Balaban J connectivity index is 2.84. The van der Waals surface area contributed by atoms with Crippen molar-refractivity contribution < 1.29 is 9.90 Å². The molecule has 0 bridgehead atoms. The fourth-order valence-electron chi connectivity index (χ4n) is 1.63. The van der Waals surface area contributed by atoms with Gasteiger partial charge in [0.2, 0.25) is 0 Å². The van der Waals surface area contributed by atoms with Crippen LogP contribution in [0.3, 0.4) is 0 Å². The lowest BCUT2D eigenvalue weighted by molar-refractivity contribution is -0.137. The van der Waals surface area contributed by atoms with Gasteiger partial charge in [0.25, 0.3) is 0 Å². The van der Waals surface area contributed by atoms with Gasteiger partial charge in [0.1, 0.15) is 0 Å². The van der Waals surface area contributed by atoms with E-state index in [9.17, 15) is 4.79 Å². The van der Waals surface area contributed by atoms with Crippen LogP contribution in [0.4, 0.5) is 0 Å². The van der Waals surface area contributed by atoms with Gasteiger partial charge >= 0.3 is 5.97 Å². The molecule has 88 valence electrons. The summed E-state index contributed by atoms with van der Waals surface area (Å²) in [5, 5.41) is 12.2. The minimum Gasteiger partial charge on any atom is -0.481 e. The number of benzene rings is 1. The van der Waals surface area contributed by atoms with E-state index in [2.05, 4.69) is 5.32 Å². The molecular weight excluding hydrogens is 202 g/mol. The summed E-state index contributed by atoms with van der Waals surface area (Å²) in [6.07, 6.45) is 0.0985. The third kappa shape index (κ3) is 4.45. The monoisotopic (exact) mass is 221 g/mol. The zero-order chi connectivity index (χ0) is 12.2. The Hall–Kier alpha value is -1.35. The Morgan fingerprint density at radius 1 is 1.31 bits per heavy atom. The van der Waals surface area contributed by atoms with Gasteiger partial charge < -0.3 is 10.4 Å². The highest BCUT2D eigenvalue weighted by Crippen LogP contribution is 2.19. The van der Waals surface area contributed by atoms with Gasteiger partial charge in [0, 0.05) is 11.6 Å². The number of nitrogens with one attached hydrogen (secondary N) is 1. The van der Waals surface area contributed by atoms with E-state index >= 15 is 0 Å². The molecule has 1 aromatic rings. The molecule has 1 aromatic carbocycles. The van der Waals surface area contributed by atoms with Crippen molar-refractivity contribution in [3.8, 4) is 0 Å². The van der Waals surface area contributed by atoms with Crippen molar-refractivity contribution in [2.24, 2.45) is 0 Å². The smallest absolute Gasteiger partial charge is 0.305 e. The topological polar surface area (TPSA) is 49.3 Å². The van der Waals surface area contributed by atoms with Gasteiger partial charge in [-0.15, -0.1) is 0 Å². The summed E-state index contributed by atoms with van der Waals surface area (Å²) in [7, 11) is 0. The first-order valence-corrected chi connectivity index (χ1v) is 5.43. The van der Waals surface area contributed by atoms with Crippen molar-refractivity contribution in [1.82, 2.24) is 5.32 Å². The van der Waals surface area contributed by atoms with E-state index < -0.39 is 5.97 Å². The molecule has 0 aliphatic carbocycles. The predicted octanol–water partition coefficient (Wildman–Crippen LogP) is 2.59. The van der Waals surface area contributed by atoms with Crippen molar-refractivity contribution >= 4 is 5.97 Å². The Bertz CT molecular complexity index is 341. The van der Waals surface area contributed by atoms with Crippen molar-refractivity contribution in [3.63, 3.8) is 0 Å². The zero-order valence-electron chi connectivity index (χ0n) is 10.0. The molecular formula is C13H19NO2. The molecule has 0 saturated heterocycles. The molecule has 3 heteroatoms. The number of carboxylic acid groups (broad SMARTS) is 1. The molecule has 0 saturated carbocycles. The van der Waals surface area contributed by atoms with Crippen molar-refractivity contribution in [3.05, 3.63) is 35.9 Å². The summed E-state index contributed by atoms with van der Waals surface area (Å²) in [6.45, 7) is 6.10. The average molecular weight is 221 g/mol. The van der Waals surface area contributed by atoms with Crippen LogP contribution in [0.5, 0.6) is 0 Å². The SMILES string of the molecule is CC(C)(C)N[C@H](CC(=O)O)c1ccccc1. The van der Waals surface area contributed by atoms with Gasteiger partial charge in [-0.25, -0.2) is 0 Å². The maximum absolute atomic E-state index is 10.8. The molecule has 0 spiro atoms. The maximum Gasteiger partial charge on any atom is 0.305 e. The number of carbonyl (C=O) groups is 1. The van der Waals surface area contributed by atoms with Crippen LogP contribution >= 0.6 is 0 Å². The van der Waals surface area contributed by atoms with Gasteiger partial charge in [-0.05, 0) is 26.3 Å². The van der Waals surface area contributed by atoms with E-state index in [4.69, 9.17) is 5.11 Å². The van der Waals surface area contributed by atoms with E-state index in [1.54, 1.807) is 0 Å². The largest absolute Gasteiger partial charge is 0.481 e. The predicted molar refractivity (Wildman–Crippen MR) is 64.3 cm³/mol. The van der Waals surface area contributed by atoms with E-state index in [0.717, 1.165) is 5.56 Å². The van der Waals surface area contributed by atoms with Crippen LogP contribution in [0.15, 0.2) is 30.3 Å². The molecule has 0 fully saturated rings. The number of hydrogen-bond donors (Lipinski definition) is 2. The second kappa shape index (κ2) is 5.12. The highest BCUT2D eigenvalue weighted by molar-refractivity contribution is 5.68. The van der Waals surface area contributed by atoms with Crippen LogP contribution in [0.1, 0.15) is 38.8 Å². The highest BCUT2D eigenvalue weighted by Gasteiger charge is 2.20.